The van der Waals surface area contributed by atoms with Crippen molar-refractivity contribution in [1.29, 1.82) is 0 Å². The topological polar surface area (TPSA) is 85.1 Å². The van der Waals surface area contributed by atoms with Crippen molar-refractivity contribution in [3.63, 3.8) is 0 Å². The van der Waals surface area contributed by atoms with E-state index in [0.717, 1.165) is 25.4 Å². The molecule has 1 aromatic heterocycles. The standard InChI is InChI=1S/C10H17N5O/c1-7-8(2-3-16-7)5-12-9-4-10(15-11)14-6-13-9/h4,6-8H,2-3,5,11H2,1H3,(H2,12,13,14,15). The van der Waals surface area contributed by atoms with Gasteiger partial charge in [0.25, 0.3) is 0 Å². The fraction of sp³-hybridized carbons (Fsp3) is 0.600. The van der Waals surface area contributed by atoms with Crippen molar-refractivity contribution in [2.24, 2.45) is 11.8 Å². The molecule has 16 heavy (non-hydrogen) atoms. The van der Waals surface area contributed by atoms with Gasteiger partial charge in [-0.15, -0.1) is 0 Å². The van der Waals surface area contributed by atoms with Crippen LogP contribution >= 0.6 is 0 Å². The predicted molar refractivity (Wildman–Crippen MR) is 61.9 cm³/mol. The molecule has 0 aromatic carbocycles. The molecule has 1 saturated heterocycles. The number of rotatable bonds is 4. The Morgan fingerprint density at radius 2 is 2.31 bits per heavy atom. The molecular weight excluding hydrogens is 206 g/mol. The van der Waals surface area contributed by atoms with Crippen molar-refractivity contribution in [2.45, 2.75) is 19.4 Å². The Hall–Kier alpha value is -1.40. The summed E-state index contributed by atoms with van der Waals surface area (Å²) < 4.78 is 5.49. The Morgan fingerprint density at radius 3 is 3.00 bits per heavy atom. The lowest BCUT2D eigenvalue weighted by Crippen LogP contribution is -2.21. The fourth-order valence-electron chi connectivity index (χ4n) is 1.81. The molecule has 2 unspecified atom stereocenters. The highest BCUT2D eigenvalue weighted by Gasteiger charge is 2.23. The van der Waals surface area contributed by atoms with E-state index in [2.05, 4.69) is 27.6 Å². The van der Waals surface area contributed by atoms with E-state index in [9.17, 15) is 0 Å². The molecule has 0 amide bonds. The third-order valence-corrected chi connectivity index (χ3v) is 2.89. The van der Waals surface area contributed by atoms with E-state index in [1.54, 1.807) is 6.07 Å². The van der Waals surface area contributed by atoms with Gasteiger partial charge in [0.15, 0.2) is 0 Å². The lowest BCUT2D eigenvalue weighted by atomic mass is 10.0. The molecule has 6 heteroatoms. The number of hydrogen-bond donors (Lipinski definition) is 3. The molecule has 6 nitrogen and oxygen atoms in total. The summed E-state index contributed by atoms with van der Waals surface area (Å²) in [4.78, 5) is 8.06. The molecule has 0 aliphatic carbocycles. The molecule has 1 aliphatic heterocycles. The Morgan fingerprint density at radius 1 is 1.50 bits per heavy atom. The third kappa shape index (κ3) is 2.59. The third-order valence-electron chi connectivity index (χ3n) is 2.89. The Labute approximate surface area is 94.6 Å². The molecule has 0 spiro atoms. The summed E-state index contributed by atoms with van der Waals surface area (Å²) in [6.45, 7) is 3.82. The maximum Gasteiger partial charge on any atom is 0.145 e. The first-order valence-electron chi connectivity index (χ1n) is 5.43. The second-order valence-corrected chi connectivity index (χ2v) is 3.94. The van der Waals surface area contributed by atoms with Crippen LogP contribution in [0.25, 0.3) is 0 Å². The van der Waals surface area contributed by atoms with E-state index < -0.39 is 0 Å². The first-order valence-corrected chi connectivity index (χ1v) is 5.43. The summed E-state index contributed by atoms with van der Waals surface area (Å²) in [5, 5.41) is 3.27. The van der Waals surface area contributed by atoms with Gasteiger partial charge in [0.2, 0.25) is 0 Å². The van der Waals surface area contributed by atoms with Gasteiger partial charge >= 0.3 is 0 Å². The van der Waals surface area contributed by atoms with Gasteiger partial charge in [0.05, 0.1) is 6.10 Å². The van der Waals surface area contributed by atoms with Crippen molar-refractivity contribution in [2.75, 3.05) is 23.9 Å². The Bertz CT molecular complexity index is 346. The Balaban J connectivity index is 1.88. The maximum absolute atomic E-state index is 5.49. The number of nitrogens with zero attached hydrogens (tertiary/aromatic N) is 2. The van der Waals surface area contributed by atoms with Crippen LogP contribution in [0.3, 0.4) is 0 Å². The van der Waals surface area contributed by atoms with E-state index in [-0.39, 0.29) is 0 Å². The zero-order chi connectivity index (χ0) is 11.4. The predicted octanol–water partition coefficient (Wildman–Crippen LogP) is 0.599. The molecule has 2 atom stereocenters. The minimum Gasteiger partial charge on any atom is -0.378 e. The number of ether oxygens (including phenoxy) is 1. The average Bonchev–Trinajstić information content (AvgIpc) is 2.72. The van der Waals surface area contributed by atoms with Crippen LogP contribution in [0.1, 0.15) is 13.3 Å². The molecule has 2 heterocycles. The highest BCUT2D eigenvalue weighted by Crippen LogP contribution is 2.20. The minimum absolute atomic E-state index is 0.321. The van der Waals surface area contributed by atoms with Crippen LogP contribution in [0.4, 0.5) is 11.6 Å². The van der Waals surface area contributed by atoms with Crippen LogP contribution in [0.2, 0.25) is 0 Å². The molecule has 0 radical (unpaired) electrons. The highest BCUT2D eigenvalue weighted by molar-refractivity contribution is 5.45. The molecule has 88 valence electrons. The zero-order valence-electron chi connectivity index (χ0n) is 9.31. The number of aromatic nitrogens is 2. The molecular formula is C10H17N5O. The molecule has 0 saturated carbocycles. The summed E-state index contributed by atoms with van der Waals surface area (Å²) in [6, 6.07) is 1.78. The van der Waals surface area contributed by atoms with E-state index in [1.807, 2.05) is 0 Å². The number of hydrazine groups is 1. The quantitative estimate of drug-likeness (QED) is 0.512. The van der Waals surface area contributed by atoms with Crippen molar-refractivity contribution >= 4 is 11.6 Å². The summed E-state index contributed by atoms with van der Waals surface area (Å²) >= 11 is 0. The summed E-state index contributed by atoms with van der Waals surface area (Å²) in [5.74, 6) is 7.20. The molecule has 0 bridgehead atoms. The van der Waals surface area contributed by atoms with Gasteiger partial charge in [-0.2, -0.15) is 0 Å². The van der Waals surface area contributed by atoms with Gasteiger partial charge in [-0.25, -0.2) is 15.8 Å². The number of nitrogens with two attached hydrogens (primary N) is 1. The van der Waals surface area contributed by atoms with Gasteiger partial charge in [0.1, 0.15) is 18.0 Å². The van der Waals surface area contributed by atoms with Gasteiger partial charge in [-0.1, -0.05) is 0 Å². The van der Waals surface area contributed by atoms with Gasteiger partial charge in [0, 0.05) is 25.1 Å². The fourth-order valence-corrected chi connectivity index (χ4v) is 1.81. The van der Waals surface area contributed by atoms with E-state index in [0.29, 0.717) is 17.8 Å². The van der Waals surface area contributed by atoms with E-state index in [4.69, 9.17) is 10.6 Å². The van der Waals surface area contributed by atoms with Crippen molar-refractivity contribution < 1.29 is 4.74 Å². The molecule has 1 fully saturated rings. The highest BCUT2D eigenvalue weighted by atomic mass is 16.5. The van der Waals surface area contributed by atoms with Crippen molar-refractivity contribution in [3.8, 4) is 0 Å². The molecule has 4 N–H and O–H groups in total. The Kier molecular flexibility index (Phi) is 3.53. The number of nitrogens with one attached hydrogen (secondary N) is 2. The monoisotopic (exact) mass is 223 g/mol. The van der Waals surface area contributed by atoms with E-state index >= 15 is 0 Å². The molecule has 1 aromatic rings. The normalized spacial score (nSPS) is 24.4. The van der Waals surface area contributed by atoms with Crippen LogP contribution < -0.4 is 16.6 Å². The number of anilines is 2. The second kappa shape index (κ2) is 5.09. The summed E-state index contributed by atoms with van der Waals surface area (Å²) in [5.41, 5.74) is 2.49. The lowest BCUT2D eigenvalue weighted by Gasteiger charge is -2.15. The molecule has 2 rings (SSSR count). The first kappa shape index (κ1) is 11.1. The minimum atomic E-state index is 0.321. The van der Waals surface area contributed by atoms with Crippen LogP contribution in [0, 0.1) is 5.92 Å². The van der Waals surface area contributed by atoms with Crippen LogP contribution in [0.5, 0.6) is 0 Å². The number of hydrogen-bond acceptors (Lipinski definition) is 6. The van der Waals surface area contributed by atoms with Crippen molar-refractivity contribution in [3.05, 3.63) is 12.4 Å². The lowest BCUT2D eigenvalue weighted by molar-refractivity contribution is 0.108. The average molecular weight is 223 g/mol. The summed E-state index contributed by atoms with van der Waals surface area (Å²) in [6.07, 6.45) is 2.90. The SMILES string of the molecule is CC1OCCC1CNc1cc(NN)ncn1. The van der Waals surface area contributed by atoms with Crippen LogP contribution in [-0.2, 0) is 4.74 Å². The molecule has 1 aliphatic rings. The largest absolute Gasteiger partial charge is 0.378 e. The van der Waals surface area contributed by atoms with Crippen molar-refractivity contribution in [1.82, 2.24) is 9.97 Å². The van der Waals surface area contributed by atoms with Crippen LogP contribution in [0.15, 0.2) is 12.4 Å². The van der Waals surface area contributed by atoms with Gasteiger partial charge in [-0.3, -0.25) is 0 Å². The zero-order valence-corrected chi connectivity index (χ0v) is 9.31. The number of nitrogen functional groups attached to an aromatic ring is 1. The second-order valence-electron chi connectivity index (χ2n) is 3.94. The first-order chi connectivity index (χ1) is 7.79. The maximum atomic E-state index is 5.49. The van der Waals surface area contributed by atoms with Gasteiger partial charge < -0.3 is 15.5 Å². The van der Waals surface area contributed by atoms with Crippen LogP contribution in [-0.4, -0.2) is 29.2 Å². The van der Waals surface area contributed by atoms with Gasteiger partial charge in [-0.05, 0) is 13.3 Å². The van der Waals surface area contributed by atoms with E-state index in [1.165, 1.54) is 6.33 Å². The summed E-state index contributed by atoms with van der Waals surface area (Å²) in [7, 11) is 0. The smallest absolute Gasteiger partial charge is 0.145 e.